The minimum Gasteiger partial charge on any atom is -0.352 e. The van der Waals surface area contributed by atoms with E-state index in [2.05, 4.69) is 15.1 Å². The maximum atomic E-state index is 12.3. The van der Waals surface area contributed by atoms with Crippen molar-refractivity contribution < 1.29 is 4.79 Å². The van der Waals surface area contributed by atoms with Crippen molar-refractivity contribution in [3.63, 3.8) is 0 Å². The molecule has 1 fully saturated rings. The fourth-order valence-electron chi connectivity index (χ4n) is 2.55. The van der Waals surface area contributed by atoms with Gasteiger partial charge in [0.1, 0.15) is 0 Å². The van der Waals surface area contributed by atoms with Gasteiger partial charge in [-0.2, -0.15) is 5.10 Å². The highest BCUT2D eigenvalue weighted by Crippen LogP contribution is 2.13. The van der Waals surface area contributed by atoms with Crippen LogP contribution in [0.4, 0.5) is 5.82 Å². The standard InChI is InChI=1S/C18H20N4O/c1-15-7-9-17(20-19-15)21-11-13-22(14-12-21)18(23)10-8-16-5-3-2-4-6-16/h2-10H,11-14H2,1H3. The van der Waals surface area contributed by atoms with Crippen LogP contribution in [-0.2, 0) is 4.79 Å². The summed E-state index contributed by atoms with van der Waals surface area (Å²) in [6, 6.07) is 13.8. The Bertz CT molecular complexity index is 674. The summed E-state index contributed by atoms with van der Waals surface area (Å²) in [5.74, 6) is 0.936. The minimum atomic E-state index is 0.0588. The van der Waals surface area contributed by atoms with Crippen LogP contribution in [0.1, 0.15) is 11.3 Å². The van der Waals surface area contributed by atoms with Crippen molar-refractivity contribution >= 4 is 17.8 Å². The van der Waals surface area contributed by atoms with Gasteiger partial charge in [0.25, 0.3) is 0 Å². The Morgan fingerprint density at radius 3 is 2.39 bits per heavy atom. The van der Waals surface area contributed by atoms with Gasteiger partial charge in [0, 0.05) is 32.3 Å². The molecule has 2 aromatic rings. The van der Waals surface area contributed by atoms with E-state index < -0.39 is 0 Å². The highest BCUT2D eigenvalue weighted by atomic mass is 16.2. The molecule has 1 aliphatic rings. The first-order valence-electron chi connectivity index (χ1n) is 7.80. The number of nitrogens with zero attached hydrogens (tertiary/aromatic N) is 4. The smallest absolute Gasteiger partial charge is 0.246 e. The lowest BCUT2D eigenvalue weighted by Crippen LogP contribution is -2.48. The summed E-state index contributed by atoms with van der Waals surface area (Å²) in [6.07, 6.45) is 3.51. The van der Waals surface area contributed by atoms with Crippen LogP contribution in [0.25, 0.3) is 6.08 Å². The molecule has 1 aliphatic heterocycles. The largest absolute Gasteiger partial charge is 0.352 e. The predicted molar refractivity (Wildman–Crippen MR) is 91.0 cm³/mol. The Balaban J connectivity index is 1.55. The summed E-state index contributed by atoms with van der Waals surface area (Å²) in [6.45, 7) is 4.89. The van der Waals surface area contributed by atoms with Gasteiger partial charge in [-0.1, -0.05) is 30.3 Å². The van der Waals surface area contributed by atoms with Crippen LogP contribution in [0.3, 0.4) is 0 Å². The molecule has 1 saturated heterocycles. The summed E-state index contributed by atoms with van der Waals surface area (Å²) in [4.78, 5) is 16.3. The molecule has 5 heteroatoms. The molecular formula is C18H20N4O. The van der Waals surface area contributed by atoms with Crippen LogP contribution >= 0.6 is 0 Å². The Morgan fingerprint density at radius 2 is 1.74 bits per heavy atom. The maximum absolute atomic E-state index is 12.3. The molecule has 1 aromatic heterocycles. The molecule has 2 heterocycles. The van der Waals surface area contributed by atoms with Crippen LogP contribution < -0.4 is 4.90 Å². The number of carbonyl (C=O) groups is 1. The Labute approximate surface area is 136 Å². The number of amides is 1. The average Bonchev–Trinajstić information content (AvgIpc) is 2.61. The molecule has 3 rings (SSSR count). The monoisotopic (exact) mass is 308 g/mol. The minimum absolute atomic E-state index is 0.0588. The molecule has 0 radical (unpaired) electrons. The zero-order chi connectivity index (χ0) is 16.1. The van der Waals surface area contributed by atoms with Gasteiger partial charge in [-0.3, -0.25) is 4.79 Å². The number of benzene rings is 1. The highest BCUT2D eigenvalue weighted by Gasteiger charge is 2.20. The van der Waals surface area contributed by atoms with Gasteiger partial charge in [-0.25, -0.2) is 0 Å². The number of anilines is 1. The van der Waals surface area contributed by atoms with Gasteiger partial charge in [0.05, 0.1) is 5.69 Å². The summed E-state index contributed by atoms with van der Waals surface area (Å²) in [5.41, 5.74) is 1.95. The molecule has 0 saturated carbocycles. The van der Waals surface area contributed by atoms with E-state index in [9.17, 15) is 4.79 Å². The fourth-order valence-corrected chi connectivity index (χ4v) is 2.55. The van der Waals surface area contributed by atoms with Crippen molar-refractivity contribution in [3.8, 4) is 0 Å². The van der Waals surface area contributed by atoms with Crippen molar-refractivity contribution in [2.45, 2.75) is 6.92 Å². The van der Waals surface area contributed by atoms with Gasteiger partial charge in [-0.05, 0) is 30.7 Å². The molecule has 0 unspecified atom stereocenters. The maximum Gasteiger partial charge on any atom is 0.246 e. The first kappa shape index (κ1) is 15.2. The summed E-state index contributed by atoms with van der Waals surface area (Å²) < 4.78 is 0. The van der Waals surface area contributed by atoms with E-state index in [4.69, 9.17) is 0 Å². The second-order valence-electron chi connectivity index (χ2n) is 5.59. The predicted octanol–water partition coefficient (Wildman–Crippen LogP) is 2.15. The van der Waals surface area contributed by atoms with Gasteiger partial charge in [0.2, 0.25) is 5.91 Å². The van der Waals surface area contributed by atoms with Crippen LogP contribution in [0.15, 0.2) is 48.5 Å². The van der Waals surface area contributed by atoms with Crippen molar-refractivity contribution in [1.82, 2.24) is 15.1 Å². The van der Waals surface area contributed by atoms with E-state index in [-0.39, 0.29) is 5.91 Å². The summed E-state index contributed by atoms with van der Waals surface area (Å²) in [7, 11) is 0. The molecule has 0 atom stereocenters. The van der Waals surface area contributed by atoms with Crippen LogP contribution in [0.5, 0.6) is 0 Å². The van der Waals surface area contributed by atoms with Crippen molar-refractivity contribution in [1.29, 1.82) is 0 Å². The molecule has 1 amide bonds. The number of hydrogen-bond acceptors (Lipinski definition) is 4. The Hall–Kier alpha value is -2.69. The molecule has 118 valence electrons. The lowest BCUT2D eigenvalue weighted by molar-refractivity contribution is -0.126. The molecule has 5 nitrogen and oxygen atoms in total. The van der Waals surface area contributed by atoms with Gasteiger partial charge in [0.15, 0.2) is 5.82 Å². The highest BCUT2D eigenvalue weighted by molar-refractivity contribution is 5.91. The van der Waals surface area contributed by atoms with Crippen LogP contribution in [0, 0.1) is 6.92 Å². The quantitative estimate of drug-likeness (QED) is 0.815. The fraction of sp³-hybridized carbons (Fsp3) is 0.278. The lowest BCUT2D eigenvalue weighted by atomic mass is 10.2. The first-order chi connectivity index (χ1) is 11.2. The molecule has 0 bridgehead atoms. The topological polar surface area (TPSA) is 49.3 Å². The first-order valence-corrected chi connectivity index (χ1v) is 7.80. The van der Waals surface area contributed by atoms with Gasteiger partial charge < -0.3 is 9.80 Å². The zero-order valence-electron chi connectivity index (χ0n) is 13.2. The summed E-state index contributed by atoms with van der Waals surface area (Å²) in [5, 5.41) is 8.29. The third-order valence-electron chi connectivity index (χ3n) is 3.92. The van der Waals surface area contributed by atoms with E-state index in [1.165, 1.54) is 0 Å². The van der Waals surface area contributed by atoms with Crippen LogP contribution in [0.2, 0.25) is 0 Å². The third-order valence-corrected chi connectivity index (χ3v) is 3.92. The van der Waals surface area contributed by atoms with E-state index >= 15 is 0 Å². The number of rotatable bonds is 3. The normalized spacial score (nSPS) is 15.2. The van der Waals surface area contributed by atoms with Crippen LogP contribution in [-0.4, -0.2) is 47.2 Å². The van der Waals surface area contributed by atoms with Crippen molar-refractivity contribution in [2.24, 2.45) is 0 Å². The number of hydrogen-bond donors (Lipinski definition) is 0. The molecular weight excluding hydrogens is 288 g/mol. The Kier molecular flexibility index (Phi) is 4.66. The molecule has 23 heavy (non-hydrogen) atoms. The van der Waals surface area contributed by atoms with Crippen molar-refractivity contribution in [2.75, 3.05) is 31.1 Å². The zero-order valence-corrected chi connectivity index (χ0v) is 13.2. The lowest BCUT2D eigenvalue weighted by Gasteiger charge is -2.34. The van der Waals surface area contributed by atoms with E-state index in [1.54, 1.807) is 6.08 Å². The number of aryl methyl sites for hydroxylation is 1. The van der Waals surface area contributed by atoms with Crippen molar-refractivity contribution in [3.05, 3.63) is 59.8 Å². The molecule has 0 spiro atoms. The number of piperazine rings is 1. The molecule has 0 aliphatic carbocycles. The summed E-state index contributed by atoms with van der Waals surface area (Å²) >= 11 is 0. The third kappa shape index (κ3) is 3.94. The second kappa shape index (κ2) is 7.05. The SMILES string of the molecule is Cc1ccc(N2CCN(C(=O)C=Cc3ccccc3)CC2)nn1. The second-order valence-corrected chi connectivity index (χ2v) is 5.59. The van der Waals surface area contributed by atoms with Gasteiger partial charge in [-0.15, -0.1) is 5.10 Å². The van der Waals surface area contributed by atoms with E-state index in [0.29, 0.717) is 13.1 Å². The van der Waals surface area contributed by atoms with E-state index in [1.807, 2.05) is 60.4 Å². The number of aromatic nitrogens is 2. The average molecular weight is 308 g/mol. The Morgan fingerprint density at radius 1 is 1.00 bits per heavy atom. The molecule has 0 N–H and O–H groups in total. The number of carbonyl (C=O) groups excluding carboxylic acids is 1. The molecule has 1 aromatic carbocycles. The van der Waals surface area contributed by atoms with E-state index in [0.717, 1.165) is 30.2 Å². The van der Waals surface area contributed by atoms with Gasteiger partial charge >= 0.3 is 0 Å².